The molecule has 0 aliphatic heterocycles. The lowest BCUT2D eigenvalue weighted by Crippen LogP contribution is -1.89. The predicted molar refractivity (Wildman–Crippen MR) is 84.8 cm³/mol. The Labute approximate surface area is 120 Å². The van der Waals surface area contributed by atoms with Crippen LogP contribution in [0.15, 0.2) is 0 Å². The molecule has 2 aromatic rings. The predicted octanol–water partition coefficient (Wildman–Crippen LogP) is 5.28. The number of aromatic nitrogens is 2. The summed E-state index contributed by atoms with van der Waals surface area (Å²) in [5, 5.41) is 9.01. The smallest absolute Gasteiger partial charge is 0.210 e. The second kappa shape index (κ2) is 8.18. The van der Waals surface area contributed by atoms with Crippen molar-refractivity contribution in [1.82, 2.24) is 8.75 Å². The van der Waals surface area contributed by atoms with Crippen LogP contribution in [0.1, 0.15) is 46.4 Å². The van der Waals surface area contributed by atoms with Gasteiger partial charge in [0.15, 0.2) is 0 Å². The summed E-state index contributed by atoms with van der Waals surface area (Å²) < 4.78 is 8.28. The molecule has 104 valence electrons. The van der Waals surface area contributed by atoms with Crippen LogP contribution in [0.4, 0.5) is 5.69 Å². The Hall–Kier alpha value is -1.98. The highest BCUT2D eigenvalue weighted by atomic mass is 32.1. The number of fused-ring (bicyclic) bond motifs is 1. The van der Waals surface area contributed by atoms with Crippen molar-refractivity contribution in [2.45, 2.75) is 43.6 Å². The molecule has 4 nitrogen and oxygen atoms in total. The number of hydrogen-bond donors (Lipinski definition) is 0. The van der Waals surface area contributed by atoms with E-state index in [2.05, 4.69) is 19.7 Å². The van der Waals surface area contributed by atoms with Gasteiger partial charge in [-0.25, -0.2) is 4.85 Å². The third-order valence-electron chi connectivity index (χ3n) is 2.39. The summed E-state index contributed by atoms with van der Waals surface area (Å²) in [4.78, 5) is 3.40. The van der Waals surface area contributed by atoms with Crippen molar-refractivity contribution in [3.63, 3.8) is 0 Å². The van der Waals surface area contributed by atoms with Gasteiger partial charge in [-0.2, -0.15) is 14.0 Å². The zero-order valence-corrected chi connectivity index (χ0v) is 9.01. The van der Waals surface area contributed by atoms with Gasteiger partial charge in [0.25, 0.3) is 0 Å². The molecule has 1 aromatic heterocycles. The van der Waals surface area contributed by atoms with Crippen LogP contribution in [0, 0.1) is 31.8 Å². The highest BCUT2D eigenvalue weighted by Crippen LogP contribution is 2.33. The Balaban J connectivity index is -0.000000640. The van der Waals surface area contributed by atoms with Crippen LogP contribution in [0.25, 0.3) is 15.9 Å². The minimum Gasteiger partial charge on any atom is -0.236 e. The maximum Gasteiger partial charge on any atom is 0.210 e. The summed E-state index contributed by atoms with van der Waals surface area (Å²) in [6.45, 7) is 10.7. The number of rotatable bonds is 0. The van der Waals surface area contributed by atoms with Gasteiger partial charge in [0.05, 0.1) is 35.4 Å². The molecule has 1 heterocycles. The van der Waals surface area contributed by atoms with Gasteiger partial charge in [-0.15, -0.1) is 0 Å². The molecule has 0 atom stereocenters. The fraction of sp³-hybridized carbons (Fsp3) is 0.429. The van der Waals surface area contributed by atoms with Crippen LogP contribution in [0.5, 0.6) is 0 Å². The van der Waals surface area contributed by atoms with Crippen molar-refractivity contribution < 1.29 is 0 Å². The van der Waals surface area contributed by atoms with Crippen LogP contribution in [-0.4, -0.2) is 8.75 Å². The molecule has 1 aromatic carbocycles. The largest absolute Gasteiger partial charge is 0.236 e. The monoisotopic (exact) mass is 278 g/mol. The zero-order valence-electron chi connectivity index (χ0n) is 8.20. The standard InChI is InChI=1S/C10H6N4S.4CH4/c1-5-7(4-11)8(12-3)6(2)10-9(5)13-15-14-10;;;;/h1-2H3;4*1H4. The van der Waals surface area contributed by atoms with Gasteiger partial charge >= 0.3 is 0 Å². The van der Waals surface area contributed by atoms with Gasteiger partial charge in [-0.3, -0.25) is 0 Å². The Morgan fingerprint density at radius 2 is 1.53 bits per heavy atom. The van der Waals surface area contributed by atoms with Gasteiger partial charge in [0.2, 0.25) is 5.69 Å². The SMILES string of the molecule is C.C.C.C.[C-]#[N+]c1c(C#N)c(C)c2nsnc2c1C. The first-order valence-corrected chi connectivity index (χ1v) is 4.96. The van der Waals surface area contributed by atoms with Gasteiger partial charge in [0.1, 0.15) is 5.52 Å². The quantitative estimate of drug-likeness (QED) is 0.616. The molecular weight excluding hydrogens is 256 g/mol. The number of benzene rings is 1. The number of nitrogens with zero attached hydrogens (tertiary/aromatic N) is 4. The first kappa shape index (κ1) is 22.2. The summed E-state index contributed by atoms with van der Waals surface area (Å²) >= 11 is 1.11. The number of hydrogen-bond acceptors (Lipinski definition) is 4. The minimum atomic E-state index is 0. The zero-order chi connectivity index (χ0) is 11.0. The van der Waals surface area contributed by atoms with E-state index in [-0.39, 0.29) is 29.7 Å². The minimum absolute atomic E-state index is 0. The van der Waals surface area contributed by atoms with E-state index in [1.807, 2.05) is 0 Å². The molecule has 19 heavy (non-hydrogen) atoms. The summed E-state index contributed by atoms with van der Waals surface area (Å²) in [5.41, 5.74) is 3.79. The van der Waals surface area contributed by atoms with Crippen molar-refractivity contribution in [3.8, 4) is 6.07 Å². The van der Waals surface area contributed by atoms with Crippen molar-refractivity contribution in [3.05, 3.63) is 28.1 Å². The lowest BCUT2D eigenvalue weighted by Gasteiger charge is -2.04. The molecule has 0 amide bonds. The highest BCUT2D eigenvalue weighted by molar-refractivity contribution is 7.00. The molecule has 0 saturated carbocycles. The van der Waals surface area contributed by atoms with Crippen molar-refractivity contribution in [2.75, 3.05) is 0 Å². The van der Waals surface area contributed by atoms with Crippen LogP contribution in [0.2, 0.25) is 0 Å². The molecule has 0 aliphatic carbocycles. The summed E-state index contributed by atoms with van der Waals surface area (Å²) in [6.07, 6.45) is 0. The maximum atomic E-state index is 9.01. The average Bonchev–Trinajstić information content (AvgIpc) is 2.72. The van der Waals surface area contributed by atoms with E-state index >= 15 is 0 Å². The Bertz CT molecular complexity index is 575. The van der Waals surface area contributed by atoms with E-state index in [1.165, 1.54) is 0 Å². The molecule has 0 aliphatic rings. The van der Waals surface area contributed by atoms with E-state index in [9.17, 15) is 0 Å². The normalized spacial score (nSPS) is 7.79. The summed E-state index contributed by atoms with van der Waals surface area (Å²) in [5.74, 6) is 0. The third kappa shape index (κ3) is 3.07. The van der Waals surface area contributed by atoms with Crippen molar-refractivity contribution in [2.24, 2.45) is 0 Å². The summed E-state index contributed by atoms with van der Waals surface area (Å²) in [7, 11) is 0. The first-order chi connectivity index (χ1) is 7.20. The fourth-order valence-electron chi connectivity index (χ4n) is 1.55. The van der Waals surface area contributed by atoms with Gasteiger partial charge in [-0.1, -0.05) is 29.7 Å². The molecule has 0 fully saturated rings. The lowest BCUT2D eigenvalue weighted by atomic mass is 10.0. The molecule has 0 unspecified atom stereocenters. The molecule has 0 bridgehead atoms. The van der Waals surface area contributed by atoms with E-state index in [0.717, 1.165) is 33.9 Å². The molecule has 0 saturated heterocycles. The van der Waals surface area contributed by atoms with Crippen LogP contribution in [-0.2, 0) is 0 Å². The first-order valence-electron chi connectivity index (χ1n) is 4.23. The van der Waals surface area contributed by atoms with E-state index in [1.54, 1.807) is 13.8 Å². The Morgan fingerprint density at radius 3 is 1.95 bits per heavy atom. The Kier molecular flexibility index (Phi) is 9.57. The third-order valence-corrected chi connectivity index (χ3v) is 2.92. The Morgan fingerprint density at radius 1 is 1.05 bits per heavy atom. The van der Waals surface area contributed by atoms with E-state index < -0.39 is 0 Å². The van der Waals surface area contributed by atoms with Crippen molar-refractivity contribution >= 4 is 28.4 Å². The highest BCUT2D eigenvalue weighted by Gasteiger charge is 2.17. The second-order valence-electron chi connectivity index (χ2n) is 3.16. The average molecular weight is 278 g/mol. The fourth-order valence-corrected chi connectivity index (χ4v) is 2.20. The van der Waals surface area contributed by atoms with Crippen LogP contribution in [0.3, 0.4) is 0 Å². The van der Waals surface area contributed by atoms with Gasteiger partial charge in [0, 0.05) is 0 Å². The lowest BCUT2D eigenvalue weighted by molar-refractivity contribution is 1.38. The molecule has 0 radical (unpaired) electrons. The maximum absolute atomic E-state index is 9.01. The van der Waals surface area contributed by atoms with Crippen LogP contribution < -0.4 is 0 Å². The van der Waals surface area contributed by atoms with Gasteiger partial charge in [-0.05, 0) is 25.0 Å². The molecule has 0 spiro atoms. The van der Waals surface area contributed by atoms with Crippen molar-refractivity contribution in [1.29, 1.82) is 5.26 Å². The topological polar surface area (TPSA) is 53.9 Å². The molecular formula is C14H22N4S. The van der Waals surface area contributed by atoms with Gasteiger partial charge < -0.3 is 0 Å². The summed E-state index contributed by atoms with van der Waals surface area (Å²) in [6, 6.07) is 2.06. The number of nitriles is 1. The van der Waals surface area contributed by atoms with E-state index in [4.69, 9.17) is 11.8 Å². The second-order valence-corrected chi connectivity index (χ2v) is 3.69. The molecule has 5 heteroatoms. The van der Waals surface area contributed by atoms with E-state index in [0.29, 0.717) is 11.3 Å². The van der Waals surface area contributed by atoms with Crippen LogP contribution >= 0.6 is 11.7 Å². The number of aryl methyl sites for hydroxylation is 2. The molecule has 0 N–H and O–H groups in total. The molecule has 2 rings (SSSR count).